The Hall–Kier alpha value is -1.66. The molecule has 0 aromatic carbocycles. The van der Waals surface area contributed by atoms with Crippen LogP contribution in [-0.4, -0.2) is 45.1 Å². The van der Waals surface area contributed by atoms with Gasteiger partial charge in [-0.15, -0.1) is 11.3 Å². The lowest BCUT2D eigenvalue weighted by Crippen LogP contribution is -2.36. The van der Waals surface area contributed by atoms with E-state index in [0.29, 0.717) is 6.54 Å². The first-order valence-corrected chi connectivity index (χ1v) is 9.19. The Morgan fingerprint density at radius 1 is 1.30 bits per heavy atom. The predicted octanol–water partition coefficient (Wildman–Crippen LogP) is 2.28. The molecule has 2 aromatic rings. The Kier molecular flexibility index (Phi) is 3.95. The summed E-state index contributed by atoms with van der Waals surface area (Å²) in [6.45, 7) is 4.81. The van der Waals surface area contributed by atoms with Crippen LogP contribution in [0.2, 0.25) is 0 Å². The van der Waals surface area contributed by atoms with Crippen molar-refractivity contribution in [2.45, 2.75) is 32.4 Å². The molecular formula is C17H22N4OS. The minimum Gasteiger partial charge on any atom is -0.332 e. The minimum absolute atomic E-state index is 0.146. The van der Waals surface area contributed by atoms with Gasteiger partial charge in [-0.25, -0.2) is 0 Å². The first kappa shape index (κ1) is 14.9. The average Bonchev–Trinajstić information content (AvgIpc) is 3.30. The highest BCUT2D eigenvalue weighted by molar-refractivity contribution is 7.12. The third kappa shape index (κ3) is 2.81. The fraction of sp³-hybridized carbons (Fsp3) is 0.529. The number of amides is 1. The standard InChI is InChI=1S/C17H22N4OS/c1-19-15-12-21(17(22)16-5-4-10-23-16)9-6-13(15)14(18-19)11-20-7-2-3-8-20/h4-5,10H,2-3,6-9,11-12H2,1H3. The lowest BCUT2D eigenvalue weighted by molar-refractivity contribution is 0.0735. The minimum atomic E-state index is 0.146. The lowest BCUT2D eigenvalue weighted by Gasteiger charge is -2.27. The first-order valence-electron chi connectivity index (χ1n) is 8.31. The van der Waals surface area contributed by atoms with Gasteiger partial charge in [-0.3, -0.25) is 14.4 Å². The van der Waals surface area contributed by atoms with Crippen molar-refractivity contribution in [3.8, 4) is 0 Å². The van der Waals surface area contributed by atoms with Gasteiger partial charge < -0.3 is 4.90 Å². The van der Waals surface area contributed by atoms with Gasteiger partial charge in [0.1, 0.15) is 0 Å². The zero-order chi connectivity index (χ0) is 15.8. The molecule has 122 valence electrons. The van der Waals surface area contributed by atoms with Crippen LogP contribution in [-0.2, 0) is 26.6 Å². The summed E-state index contributed by atoms with van der Waals surface area (Å²) in [4.78, 5) is 17.8. The molecule has 0 saturated carbocycles. The van der Waals surface area contributed by atoms with Gasteiger partial charge in [-0.2, -0.15) is 5.10 Å². The number of nitrogens with zero attached hydrogens (tertiary/aromatic N) is 4. The second-order valence-electron chi connectivity index (χ2n) is 6.43. The largest absolute Gasteiger partial charge is 0.332 e. The van der Waals surface area contributed by atoms with E-state index < -0.39 is 0 Å². The van der Waals surface area contributed by atoms with Crippen LogP contribution < -0.4 is 0 Å². The average molecular weight is 330 g/mol. The van der Waals surface area contributed by atoms with E-state index in [9.17, 15) is 4.79 Å². The maximum absolute atomic E-state index is 12.6. The summed E-state index contributed by atoms with van der Waals surface area (Å²) in [6, 6.07) is 3.84. The van der Waals surface area contributed by atoms with E-state index in [2.05, 4.69) is 4.90 Å². The second-order valence-corrected chi connectivity index (χ2v) is 7.38. The van der Waals surface area contributed by atoms with E-state index in [1.807, 2.05) is 34.1 Å². The van der Waals surface area contributed by atoms with Crippen LogP contribution in [0.4, 0.5) is 0 Å². The molecule has 0 unspecified atom stereocenters. The van der Waals surface area contributed by atoms with E-state index >= 15 is 0 Å². The van der Waals surface area contributed by atoms with Crippen molar-refractivity contribution in [3.63, 3.8) is 0 Å². The zero-order valence-electron chi connectivity index (χ0n) is 13.5. The SMILES string of the molecule is Cn1nc(CN2CCCC2)c2c1CN(C(=O)c1cccs1)CC2. The first-order chi connectivity index (χ1) is 11.2. The number of thiophene rings is 1. The summed E-state index contributed by atoms with van der Waals surface area (Å²) >= 11 is 1.52. The summed E-state index contributed by atoms with van der Waals surface area (Å²) in [6.07, 6.45) is 3.53. The van der Waals surface area contributed by atoms with Crippen molar-refractivity contribution in [1.82, 2.24) is 19.6 Å². The highest BCUT2D eigenvalue weighted by Crippen LogP contribution is 2.25. The predicted molar refractivity (Wildman–Crippen MR) is 90.5 cm³/mol. The molecule has 0 spiro atoms. The van der Waals surface area contributed by atoms with Crippen LogP contribution in [0.15, 0.2) is 17.5 Å². The van der Waals surface area contributed by atoms with E-state index in [1.54, 1.807) is 0 Å². The molecule has 0 bridgehead atoms. The molecular weight excluding hydrogens is 308 g/mol. The molecule has 5 nitrogen and oxygen atoms in total. The summed E-state index contributed by atoms with van der Waals surface area (Å²) in [5.41, 5.74) is 3.79. The van der Waals surface area contributed by atoms with Crippen molar-refractivity contribution in [1.29, 1.82) is 0 Å². The van der Waals surface area contributed by atoms with Crippen molar-refractivity contribution in [3.05, 3.63) is 39.3 Å². The quantitative estimate of drug-likeness (QED) is 0.867. The molecule has 1 amide bonds. The summed E-state index contributed by atoms with van der Waals surface area (Å²) in [5.74, 6) is 0.146. The van der Waals surface area contributed by atoms with Crippen LogP contribution >= 0.6 is 11.3 Å². The van der Waals surface area contributed by atoms with Crippen LogP contribution in [0.5, 0.6) is 0 Å². The number of hydrogen-bond donors (Lipinski definition) is 0. The monoisotopic (exact) mass is 330 g/mol. The third-order valence-electron chi connectivity index (χ3n) is 4.92. The molecule has 0 radical (unpaired) electrons. The number of rotatable bonds is 3. The van der Waals surface area contributed by atoms with Crippen molar-refractivity contribution >= 4 is 17.2 Å². The molecule has 1 saturated heterocycles. The highest BCUT2D eigenvalue weighted by atomic mass is 32.1. The smallest absolute Gasteiger partial charge is 0.264 e. The highest BCUT2D eigenvalue weighted by Gasteiger charge is 2.28. The van der Waals surface area contributed by atoms with Gasteiger partial charge >= 0.3 is 0 Å². The number of hydrogen-bond acceptors (Lipinski definition) is 4. The zero-order valence-corrected chi connectivity index (χ0v) is 14.3. The number of likely N-dealkylation sites (tertiary alicyclic amines) is 1. The summed E-state index contributed by atoms with van der Waals surface area (Å²) in [7, 11) is 2.01. The lowest BCUT2D eigenvalue weighted by atomic mass is 10.0. The van der Waals surface area contributed by atoms with E-state index in [4.69, 9.17) is 5.10 Å². The van der Waals surface area contributed by atoms with Crippen LogP contribution in [0.25, 0.3) is 0 Å². The molecule has 4 heterocycles. The van der Waals surface area contributed by atoms with Crippen LogP contribution in [0.1, 0.15) is 39.5 Å². The topological polar surface area (TPSA) is 41.4 Å². The van der Waals surface area contributed by atoms with Crippen molar-refractivity contribution in [2.75, 3.05) is 19.6 Å². The van der Waals surface area contributed by atoms with Gasteiger partial charge in [0.25, 0.3) is 5.91 Å². The number of aryl methyl sites for hydroxylation is 1. The van der Waals surface area contributed by atoms with E-state index in [1.165, 1.54) is 54.2 Å². The number of aromatic nitrogens is 2. The molecule has 0 N–H and O–H groups in total. The summed E-state index contributed by atoms with van der Waals surface area (Å²) in [5, 5.41) is 6.71. The van der Waals surface area contributed by atoms with Crippen molar-refractivity contribution < 1.29 is 4.79 Å². The third-order valence-corrected chi connectivity index (χ3v) is 5.78. The molecule has 23 heavy (non-hydrogen) atoms. The van der Waals surface area contributed by atoms with E-state index in [-0.39, 0.29) is 5.91 Å². The Bertz CT molecular complexity index is 701. The van der Waals surface area contributed by atoms with Gasteiger partial charge in [0.05, 0.1) is 22.8 Å². The molecule has 1 fully saturated rings. The van der Waals surface area contributed by atoms with Gasteiger partial charge in [-0.05, 0) is 43.8 Å². The molecule has 0 aliphatic carbocycles. The molecule has 6 heteroatoms. The Morgan fingerprint density at radius 2 is 2.13 bits per heavy atom. The maximum Gasteiger partial charge on any atom is 0.264 e. The van der Waals surface area contributed by atoms with Gasteiger partial charge in [0, 0.05) is 25.7 Å². The molecule has 0 atom stereocenters. The van der Waals surface area contributed by atoms with Gasteiger partial charge in [0.2, 0.25) is 0 Å². The van der Waals surface area contributed by atoms with E-state index in [0.717, 1.165) is 24.4 Å². The van der Waals surface area contributed by atoms with Crippen LogP contribution in [0.3, 0.4) is 0 Å². The fourth-order valence-electron chi connectivity index (χ4n) is 3.67. The fourth-order valence-corrected chi connectivity index (χ4v) is 4.36. The molecule has 2 aliphatic rings. The number of carbonyl (C=O) groups is 1. The number of fused-ring (bicyclic) bond motifs is 1. The second kappa shape index (κ2) is 6.09. The summed E-state index contributed by atoms with van der Waals surface area (Å²) < 4.78 is 1.98. The normalized spacial score (nSPS) is 18.4. The molecule has 2 aromatic heterocycles. The van der Waals surface area contributed by atoms with Crippen molar-refractivity contribution in [2.24, 2.45) is 7.05 Å². The van der Waals surface area contributed by atoms with Gasteiger partial charge in [0.15, 0.2) is 0 Å². The molecule has 4 rings (SSSR count). The maximum atomic E-state index is 12.6. The Balaban J connectivity index is 1.53. The number of carbonyl (C=O) groups excluding carboxylic acids is 1. The van der Waals surface area contributed by atoms with Crippen LogP contribution in [0, 0.1) is 0 Å². The van der Waals surface area contributed by atoms with Gasteiger partial charge in [-0.1, -0.05) is 6.07 Å². The Morgan fingerprint density at radius 3 is 2.87 bits per heavy atom. The molecule has 2 aliphatic heterocycles. The Labute approximate surface area is 140 Å².